The smallest absolute Gasteiger partial charge is 0.222 e. The number of rotatable bonds is 3. The first-order chi connectivity index (χ1) is 10.6. The van der Waals surface area contributed by atoms with Gasteiger partial charge < -0.3 is 10.6 Å². The first-order valence-electron chi connectivity index (χ1n) is 7.49. The molecule has 6 heteroatoms. The lowest BCUT2D eigenvalue weighted by molar-refractivity contribution is 0.0911. The van der Waals surface area contributed by atoms with Gasteiger partial charge in [-0.25, -0.2) is 4.98 Å². The van der Waals surface area contributed by atoms with Crippen LogP contribution in [0.1, 0.15) is 33.8 Å². The summed E-state index contributed by atoms with van der Waals surface area (Å²) in [5.41, 5.74) is 7.73. The fourth-order valence-electron chi connectivity index (χ4n) is 2.95. The number of anilines is 2. The van der Waals surface area contributed by atoms with E-state index in [-0.39, 0.29) is 11.7 Å². The minimum absolute atomic E-state index is 0.0308. The Morgan fingerprint density at radius 2 is 2.23 bits per heavy atom. The van der Waals surface area contributed by atoms with Crippen molar-refractivity contribution in [3.8, 4) is 0 Å². The van der Waals surface area contributed by atoms with Crippen molar-refractivity contribution in [2.75, 3.05) is 23.7 Å². The van der Waals surface area contributed by atoms with Crippen LogP contribution in [-0.2, 0) is 0 Å². The Labute approximate surface area is 134 Å². The maximum absolute atomic E-state index is 12.6. The van der Waals surface area contributed by atoms with Gasteiger partial charge in [0, 0.05) is 30.3 Å². The van der Waals surface area contributed by atoms with E-state index >= 15 is 0 Å². The zero-order valence-corrected chi connectivity index (χ0v) is 13.7. The molecule has 0 aromatic carbocycles. The van der Waals surface area contributed by atoms with Crippen LogP contribution in [-0.4, -0.2) is 28.8 Å². The molecule has 0 saturated carbocycles. The molecule has 2 aromatic rings. The van der Waals surface area contributed by atoms with Crippen molar-refractivity contribution in [3.05, 3.63) is 33.6 Å². The van der Waals surface area contributed by atoms with E-state index in [9.17, 15) is 4.79 Å². The molecular weight excluding hydrogens is 296 g/mol. The van der Waals surface area contributed by atoms with Gasteiger partial charge in [-0.2, -0.15) is 4.98 Å². The molecule has 22 heavy (non-hydrogen) atoms. The van der Waals surface area contributed by atoms with Gasteiger partial charge in [0.25, 0.3) is 0 Å². The summed E-state index contributed by atoms with van der Waals surface area (Å²) in [6.07, 6.45) is 1.93. The predicted octanol–water partition coefficient (Wildman–Crippen LogP) is 2.84. The number of carbonyl (C=O) groups excluding carboxylic acids is 1. The number of thiophene rings is 1. The second kappa shape index (κ2) is 6.04. The summed E-state index contributed by atoms with van der Waals surface area (Å²) >= 11 is 1.52. The number of hydrogen-bond acceptors (Lipinski definition) is 6. The molecule has 1 fully saturated rings. The third kappa shape index (κ3) is 2.83. The van der Waals surface area contributed by atoms with E-state index in [1.807, 2.05) is 31.4 Å². The van der Waals surface area contributed by atoms with E-state index in [1.165, 1.54) is 11.3 Å². The summed E-state index contributed by atoms with van der Waals surface area (Å²) in [5, 5.41) is 1.95. The van der Waals surface area contributed by atoms with Crippen molar-refractivity contribution in [3.63, 3.8) is 0 Å². The Morgan fingerprint density at radius 1 is 1.41 bits per heavy atom. The number of nitrogens with zero attached hydrogens (tertiary/aromatic N) is 3. The monoisotopic (exact) mass is 316 g/mol. The second-order valence-electron chi connectivity index (χ2n) is 5.74. The molecule has 3 rings (SSSR count). The molecule has 1 aliphatic rings. The summed E-state index contributed by atoms with van der Waals surface area (Å²) in [4.78, 5) is 24.2. The van der Waals surface area contributed by atoms with Crippen LogP contribution in [0.3, 0.4) is 0 Å². The number of nitrogen functional groups attached to an aromatic ring is 1. The summed E-state index contributed by atoms with van der Waals surface area (Å²) in [5.74, 6) is 1.44. The van der Waals surface area contributed by atoms with E-state index in [0.29, 0.717) is 12.5 Å². The standard InChI is InChI=1S/C16H20N4OS/c1-10-11(2)18-16(17)19-15(10)20-7-3-5-12(9-20)14(21)13-6-4-8-22-13/h4,6,8,12H,3,5,7,9H2,1-2H3,(H2,17,18,19)/t12-/m1/s1. The van der Waals surface area contributed by atoms with Gasteiger partial charge in [-0.3, -0.25) is 4.79 Å². The number of hydrogen-bond donors (Lipinski definition) is 1. The molecule has 1 aliphatic heterocycles. The van der Waals surface area contributed by atoms with Crippen LogP contribution in [0, 0.1) is 19.8 Å². The third-order valence-electron chi connectivity index (χ3n) is 4.24. The molecule has 1 atom stereocenters. The number of aromatic nitrogens is 2. The molecule has 0 bridgehead atoms. The van der Waals surface area contributed by atoms with Crippen molar-refractivity contribution in [1.82, 2.24) is 9.97 Å². The lowest BCUT2D eigenvalue weighted by atomic mass is 9.92. The van der Waals surface area contributed by atoms with Crippen LogP contribution in [0.2, 0.25) is 0 Å². The highest BCUT2D eigenvalue weighted by molar-refractivity contribution is 7.12. The second-order valence-corrected chi connectivity index (χ2v) is 6.69. The van der Waals surface area contributed by atoms with Crippen molar-refractivity contribution in [2.45, 2.75) is 26.7 Å². The van der Waals surface area contributed by atoms with E-state index in [4.69, 9.17) is 5.73 Å². The lowest BCUT2D eigenvalue weighted by Crippen LogP contribution is -2.39. The maximum atomic E-state index is 12.6. The molecular formula is C16H20N4OS. The molecule has 3 heterocycles. The number of aryl methyl sites for hydroxylation is 1. The van der Waals surface area contributed by atoms with Crippen molar-refractivity contribution in [2.24, 2.45) is 5.92 Å². The van der Waals surface area contributed by atoms with E-state index < -0.39 is 0 Å². The van der Waals surface area contributed by atoms with Crippen LogP contribution in [0.25, 0.3) is 0 Å². The average Bonchev–Trinajstić information content (AvgIpc) is 3.04. The number of nitrogens with two attached hydrogens (primary N) is 1. The summed E-state index contributed by atoms with van der Waals surface area (Å²) in [6, 6.07) is 3.83. The van der Waals surface area contributed by atoms with Crippen molar-refractivity contribution in [1.29, 1.82) is 0 Å². The lowest BCUT2D eigenvalue weighted by Gasteiger charge is -2.33. The van der Waals surface area contributed by atoms with Gasteiger partial charge in [-0.1, -0.05) is 6.07 Å². The number of carbonyl (C=O) groups is 1. The number of Topliss-reactive ketones (excluding diaryl/α,β-unsaturated/α-hetero) is 1. The van der Waals surface area contributed by atoms with E-state index in [1.54, 1.807) is 0 Å². The van der Waals surface area contributed by atoms with Gasteiger partial charge in [0.15, 0.2) is 5.78 Å². The highest BCUT2D eigenvalue weighted by Crippen LogP contribution is 2.28. The first kappa shape index (κ1) is 15.0. The SMILES string of the molecule is Cc1nc(N)nc(N2CCC[C@@H](C(=O)c3cccs3)C2)c1C. The van der Waals surface area contributed by atoms with E-state index in [2.05, 4.69) is 14.9 Å². The zero-order chi connectivity index (χ0) is 15.7. The van der Waals surface area contributed by atoms with Gasteiger partial charge in [0.1, 0.15) is 5.82 Å². The molecule has 0 spiro atoms. The minimum atomic E-state index is 0.0308. The largest absolute Gasteiger partial charge is 0.368 e. The molecule has 1 saturated heterocycles. The normalized spacial score (nSPS) is 18.5. The first-order valence-corrected chi connectivity index (χ1v) is 8.37. The Balaban J connectivity index is 1.83. The Kier molecular flexibility index (Phi) is 4.11. The summed E-state index contributed by atoms with van der Waals surface area (Å²) in [6.45, 7) is 5.56. The number of piperidine rings is 1. The topological polar surface area (TPSA) is 72.1 Å². The quantitative estimate of drug-likeness (QED) is 0.882. The Bertz CT molecular complexity index is 684. The van der Waals surface area contributed by atoms with Crippen LogP contribution in [0.15, 0.2) is 17.5 Å². The van der Waals surface area contributed by atoms with Crippen LogP contribution in [0.4, 0.5) is 11.8 Å². The maximum Gasteiger partial charge on any atom is 0.222 e. The predicted molar refractivity (Wildman–Crippen MR) is 89.5 cm³/mol. The minimum Gasteiger partial charge on any atom is -0.368 e. The van der Waals surface area contributed by atoms with Gasteiger partial charge in [-0.15, -0.1) is 11.3 Å². The van der Waals surface area contributed by atoms with Gasteiger partial charge in [0.05, 0.1) is 4.88 Å². The van der Waals surface area contributed by atoms with Crippen LogP contribution in [0.5, 0.6) is 0 Å². The van der Waals surface area contributed by atoms with Crippen LogP contribution < -0.4 is 10.6 Å². The molecule has 2 N–H and O–H groups in total. The molecule has 0 unspecified atom stereocenters. The molecule has 116 valence electrons. The van der Waals surface area contributed by atoms with Crippen LogP contribution >= 0.6 is 11.3 Å². The van der Waals surface area contributed by atoms with Crippen molar-refractivity contribution < 1.29 is 4.79 Å². The highest BCUT2D eigenvalue weighted by Gasteiger charge is 2.28. The molecule has 0 amide bonds. The van der Waals surface area contributed by atoms with Crippen molar-refractivity contribution >= 4 is 28.9 Å². The fraction of sp³-hybridized carbons (Fsp3) is 0.438. The summed E-state index contributed by atoms with van der Waals surface area (Å²) < 4.78 is 0. The average molecular weight is 316 g/mol. The summed E-state index contributed by atoms with van der Waals surface area (Å²) in [7, 11) is 0. The van der Waals surface area contributed by atoms with Gasteiger partial charge in [0.2, 0.25) is 5.95 Å². The zero-order valence-electron chi connectivity index (χ0n) is 12.9. The van der Waals surface area contributed by atoms with Gasteiger partial charge in [-0.05, 0) is 38.1 Å². The van der Waals surface area contributed by atoms with E-state index in [0.717, 1.165) is 41.3 Å². The highest BCUT2D eigenvalue weighted by atomic mass is 32.1. The molecule has 0 radical (unpaired) electrons. The number of ketones is 1. The Morgan fingerprint density at radius 3 is 2.95 bits per heavy atom. The molecule has 0 aliphatic carbocycles. The molecule has 2 aromatic heterocycles. The van der Waals surface area contributed by atoms with Gasteiger partial charge >= 0.3 is 0 Å². The fourth-order valence-corrected chi connectivity index (χ4v) is 3.69. The Hall–Kier alpha value is -1.95. The third-order valence-corrected chi connectivity index (χ3v) is 5.12. The molecule has 5 nitrogen and oxygen atoms in total.